The summed E-state index contributed by atoms with van der Waals surface area (Å²) < 4.78 is 1.92. The molecule has 0 bridgehead atoms. The molecule has 0 N–H and O–H groups in total. The zero-order valence-electron chi connectivity index (χ0n) is 13.6. The molecule has 1 aromatic carbocycles. The molecular weight excluding hydrogens is 298 g/mol. The second kappa shape index (κ2) is 6.84. The van der Waals surface area contributed by atoms with Crippen molar-refractivity contribution in [1.82, 2.24) is 19.4 Å². The van der Waals surface area contributed by atoms with Gasteiger partial charge < -0.3 is 4.90 Å². The van der Waals surface area contributed by atoms with Crippen molar-refractivity contribution in [3.8, 4) is 5.82 Å². The molecule has 0 amide bonds. The fourth-order valence-electron chi connectivity index (χ4n) is 3.12. The number of hydrogen-bond acceptors (Lipinski definition) is 4. The summed E-state index contributed by atoms with van der Waals surface area (Å²) in [5.41, 5.74) is 2.58. The molecule has 3 heterocycles. The normalized spacial score (nSPS) is 15.6. The Labute approximate surface area is 142 Å². The molecule has 3 aromatic rings. The van der Waals surface area contributed by atoms with Crippen LogP contribution in [-0.4, -0.2) is 45.6 Å². The van der Waals surface area contributed by atoms with E-state index in [-0.39, 0.29) is 0 Å². The molecule has 122 valence electrons. The summed E-state index contributed by atoms with van der Waals surface area (Å²) in [6, 6.07) is 14.9. The quantitative estimate of drug-likeness (QED) is 0.741. The molecule has 1 saturated heterocycles. The summed E-state index contributed by atoms with van der Waals surface area (Å²) in [4.78, 5) is 13.5. The third-order valence-corrected chi connectivity index (χ3v) is 4.48. The van der Waals surface area contributed by atoms with Crippen LogP contribution in [-0.2, 0) is 6.54 Å². The van der Waals surface area contributed by atoms with Crippen LogP contribution in [0.3, 0.4) is 0 Å². The third kappa shape index (κ3) is 3.31. The zero-order chi connectivity index (χ0) is 16.2. The summed E-state index contributed by atoms with van der Waals surface area (Å²) in [5.74, 6) is 0.908. The number of aromatic nitrogens is 3. The SMILES string of the molecule is c1ccc(N2CCN(Cc3ccc(-n4ccnc4)nc3)CC2)cc1. The standard InChI is InChI=1S/C19H21N5/c1-2-4-18(5-3-1)23-12-10-22(11-13-23)15-17-6-7-19(21-14-17)24-9-8-20-16-24/h1-9,14,16H,10-13,15H2. The van der Waals surface area contributed by atoms with E-state index in [1.165, 1.54) is 11.3 Å². The molecule has 2 aromatic heterocycles. The monoisotopic (exact) mass is 319 g/mol. The molecule has 0 radical (unpaired) electrons. The van der Waals surface area contributed by atoms with Crippen LogP contribution in [0.1, 0.15) is 5.56 Å². The molecule has 24 heavy (non-hydrogen) atoms. The van der Waals surface area contributed by atoms with Crippen molar-refractivity contribution in [2.45, 2.75) is 6.54 Å². The van der Waals surface area contributed by atoms with Gasteiger partial charge in [-0.15, -0.1) is 0 Å². The van der Waals surface area contributed by atoms with E-state index >= 15 is 0 Å². The maximum Gasteiger partial charge on any atom is 0.137 e. The Balaban J connectivity index is 1.34. The van der Waals surface area contributed by atoms with Gasteiger partial charge in [-0.2, -0.15) is 0 Å². The lowest BCUT2D eigenvalue weighted by Gasteiger charge is -2.36. The number of rotatable bonds is 4. The highest BCUT2D eigenvalue weighted by atomic mass is 15.3. The first-order valence-electron chi connectivity index (χ1n) is 8.34. The molecule has 1 aliphatic heterocycles. The van der Waals surface area contributed by atoms with Gasteiger partial charge in [0.1, 0.15) is 12.1 Å². The van der Waals surface area contributed by atoms with Gasteiger partial charge in [0.25, 0.3) is 0 Å². The van der Waals surface area contributed by atoms with Gasteiger partial charge >= 0.3 is 0 Å². The third-order valence-electron chi connectivity index (χ3n) is 4.48. The van der Waals surface area contributed by atoms with Gasteiger partial charge in [0.15, 0.2) is 0 Å². The van der Waals surface area contributed by atoms with Crippen LogP contribution in [0, 0.1) is 0 Å². The largest absolute Gasteiger partial charge is 0.369 e. The average molecular weight is 319 g/mol. The smallest absolute Gasteiger partial charge is 0.137 e. The van der Waals surface area contributed by atoms with E-state index in [0.29, 0.717) is 0 Å². The molecule has 0 aliphatic carbocycles. The lowest BCUT2D eigenvalue weighted by Crippen LogP contribution is -2.45. The first-order chi connectivity index (χ1) is 11.9. The number of para-hydroxylation sites is 1. The molecular formula is C19H21N5. The van der Waals surface area contributed by atoms with Crippen LogP contribution in [0.15, 0.2) is 67.4 Å². The summed E-state index contributed by atoms with van der Waals surface area (Å²) in [6.45, 7) is 5.27. The van der Waals surface area contributed by atoms with Gasteiger partial charge in [-0.1, -0.05) is 24.3 Å². The molecule has 0 saturated carbocycles. The minimum atomic E-state index is 0.908. The molecule has 1 fully saturated rings. The topological polar surface area (TPSA) is 37.2 Å². The molecule has 4 rings (SSSR count). The van der Waals surface area contributed by atoms with Gasteiger partial charge in [0, 0.05) is 57.0 Å². The Morgan fingerprint density at radius 2 is 1.75 bits per heavy atom. The number of imidazole rings is 1. The van der Waals surface area contributed by atoms with Gasteiger partial charge in [-0.05, 0) is 23.8 Å². The Bertz CT molecular complexity index is 744. The highest BCUT2D eigenvalue weighted by Crippen LogP contribution is 2.17. The number of pyridine rings is 1. The second-order valence-electron chi connectivity index (χ2n) is 6.09. The van der Waals surface area contributed by atoms with Crippen molar-refractivity contribution in [3.63, 3.8) is 0 Å². The average Bonchev–Trinajstić information content (AvgIpc) is 3.18. The molecule has 0 unspecified atom stereocenters. The summed E-state index contributed by atoms with van der Waals surface area (Å²) in [6.07, 6.45) is 7.41. The van der Waals surface area contributed by atoms with Crippen LogP contribution >= 0.6 is 0 Å². The minimum absolute atomic E-state index is 0.908. The van der Waals surface area contributed by atoms with E-state index in [4.69, 9.17) is 0 Å². The lowest BCUT2D eigenvalue weighted by molar-refractivity contribution is 0.249. The van der Waals surface area contributed by atoms with Gasteiger partial charge in [-0.3, -0.25) is 9.47 Å². The van der Waals surface area contributed by atoms with Gasteiger partial charge in [0.05, 0.1) is 0 Å². The van der Waals surface area contributed by atoms with Crippen LogP contribution in [0.2, 0.25) is 0 Å². The first-order valence-corrected chi connectivity index (χ1v) is 8.34. The van der Waals surface area contributed by atoms with E-state index in [2.05, 4.69) is 62.2 Å². The predicted octanol–water partition coefficient (Wildman–Crippen LogP) is 2.59. The van der Waals surface area contributed by atoms with Crippen molar-refractivity contribution in [1.29, 1.82) is 0 Å². The van der Waals surface area contributed by atoms with Crippen molar-refractivity contribution >= 4 is 5.69 Å². The van der Waals surface area contributed by atoms with Crippen molar-refractivity contribution in [3.05, 3.63) is 72.9 Å². The Morgan fingerprint density at radius 1 is 0.917 bits per heavy atom. The van der Waals surface area contributed by atoms with E-state index in [1.807, 2.05) is 17.0 Å². The van der Waals surface area contributed by atoms with Crippen molar-refractivity contribution in [2.24, 2.45) is 0 Å². The molecule has 0 atom stereocenters. The number of piperazine rings is 1. The molecule has 5 nitrogen and oxygen atoms in total. The predicted molar refractivity (Wildman–Crippen MR) is 95.3 cm³/mol. The van der Waals surface area contributed by atoms with E-state index in [1.54, 1.807) is 12.5 Å². The second-order valence-corrected chi connectivity index (χ2v) is 6.09. The minimum Gasteiger partial charge on any atom is -0.369 e. The summed E-state index contributed by atoms with van der Waals surface area (Å²) in [5, 5.41) is 0. The molecule has 0 spiro atoms. The van der Waals surface area contributed by atoms with Gasteiger partial charge in [-0.25, -0.2) is 9.97 Å². The van der Waals surface area contributed by atoms with E-state index in [0.717, 1.165) is 38.5 Å². The molecule has 5 heteroatoms. The van der Waals surface area contributed by atoms with Crippen molar-refractivity contribution in [2.75, 3.05) is 31.1 Å². The number of hydrogen-bond donors (Lipinski definition) is 0. The number of nitrogens with zero attached hydrogens (tertiary/aromatic N) is 5. The fraction of sp³-hybridized carbons (Fsp3) is 0.263. The Morgan fingerprint density at radius 3 is 2.42 bits per heavy atom. The Hall–Kier alpha value is -2.66. The highest BCUT2D eigenvalue weighted by molar-refractivity contribution is 5.46. The van der Waals surface area contributed by atoms with Crippen LogP contribution in [0.25, 0.3) is 5.82 Å². The lowest BCUT2D eigenvalue weighted by atomic mass is 10.2. The fourth-order valence-corrected chi connectivity index (χ4v) is 3.12. The first kappa shape index (κ1) is 14.9. The molecule has 1 aliphatic rings. The van der Waals surface area contributed by atoms with E-state index in [9.17, 15) is 0 Å². The van der Waals surface area contributed by atoms with Gasteiger partial charge in [0.2, 0.25) is 0 Å². The highest BCUT2D eigenvalue weighted by Gasteiger charge is 2.17. The number of anilines is 1. The van der Waals surface area contributed by atoms with E-state index < -0.39 is 0 Å². The summed E-state index contributed by atoms with van der Waals surface area (Å²) in [7, 11) is 0. The van der Waals surface area contributed by atoms with Crippen molar-refractivity contribution < 1.29 is 0 Å². The van der Waals surface area contributed by atoms with Crippen LogP contribution in [0.4, 0.5) is 5.69 Å². The maximum absolute atomic E-state index is 4.54. The maximum atomic E-state index is 4.54. The van der Waals surface area contributed by atoms with Crippen LogP contribution in [0.5, 0.6) is 0 Å². The summed E-state index contributed by atoms with van der Waals surface area (Å²) >= 11 is 0. The Kier molecular flexibility index (Phi) is 4.25. The number of benzene rings is 1. The zero-order valence-corrected chi connectivity index (χ0v) is 13.6. The van der Waals surface area contributed by atoms with Crippen LogP contribution < -0.4 is 4.90 Å².